The van der Waals surface area contributed by atoms with Crippen molar-refractivity contribution in [2.45, 2.75) is 39.2 Å². The summed E-state index contributed by atoms with van der Waals surface area (Å²) in [4.78, 5) is 14.8. The van der Waals surface area contributed by atoms with Crippen molar-refractivity contribution in [2.75, 3.05) is 32.9 Å². The first-order valence-corrected chi connectivity index (χ1v) is 7.77. The highest BCUT2D eigenvalue weighted by Gasteiger charge is 2.28. The summed E-state index contributed by atoms with van der Waals surface area (Å²) in [6.07, 6.45) is 2.37. The third kappa shape index (κ3) is 3.86. The van der Waals surface area contributed by atoms with E-state index in [1.807, 2.05) is 18.7 Å². The second kappa shape index (κ2) is 7.61. The highest BCUT2D eigenvalue weighted by molar-refractivity contribution is 5.80. The van der Waals surface area contributed by atoms with E-state index in [4.69, 9.17) is 9.84 Å². The van der Waals surface area contributed by atoms with Crippen LogP contribution in [0.2, 0.25) is 0 Å². The van der Waals surface area contributed by atoms with Crippen LogP contribution >= 0.6 is 0 Å². The number of carbonyl (C=O) groups excluding carboxylic acids is 1. The van der Waals surface area contributed by atoms with E-state index >= 15 is 0 Å². The van der Waals surface area contributed by atoms with E-state index in [1.54, 1.807) is 0 Å². The summed E-state index contributed by atoms with van der Waals surface area (Å²) in [5.74, 6) is 0.179. The Kier molecular flexibility index (Phi) is 5.82. The molecule has 0 aromatic carbocycles. The summed E-state index contributed by atoms with van der Waals surface area (Å²) in [6, 6.07) is 3.95. The number of aliphatic hydroxyl groups excluding tert-OH is 1. The van der Waals surface area contributed by atoms with Gasteiger partial charge in [0.2, 0.25) is 5.91 Å². The van der Waals surface area contributed by atoms with Gasteiger partial charge < -0.3 is 19.3 Å². The minimum Gasteiger partial charge on any atom is -0.396 e. The van der Waals surface area contributed by atoms with Gasteiger partial charge in [0, 0.05) is 31.1 Å². The predicted octanol–water partition coefficient (Wildman–Crippen LogP) is 1.67. The van der Waals surface area contributed by atoms with Gasteiger partial charge in [0.25, 0.3) is 0 Å². The highest BCUT2D eigenvalue weighted by atomic mass is 16.5. The molecular weight excluding hydrogens is 268 g/mol. The van der Waals surface area contributed by atoms with Crippen LogP contribution in [0.5, 0.6) is 0 Å². The molecule has 5 heteroatoms. The molecule has 1 amide bonds. The van der Waals surface area contributed by atoms with Crippen LogP contribution in [0, 0.1) is 13.8 Å². The van der Waals surface area contributed by atoms with Crippen molar-refractivity contribution in [3.8, 4) is 0 Å². The topological polar surface area (TPSA) is 54.7 Å². The predicted molar refractivity (Wildman–Crippen MR) is 81.3 cm³/mol. The lowest BCUT2D eigenvalue weighted by Gasteiger charge is -2.32. The fourth-order valence-corrected chi connectivity index (χ4v) is 2.98. The number of rotatable bonds is 6. The number of unbranched alkanes of at least 4 members (excludes halogenated alkanes) is 1. The molecule has 1 fully saturated rings. The average molecular weight is 294 g/mol. The molecular formula is C16H26N2O3. The van der Waals surface area contributed by atoms with Crippen LogP contribution in [0.15, 0.2) is 12.1 Å². The van der Waals surface area contributed by atoms with Gasteiger partial charge in [-0.3, -0.25) is 4.79 Å². The van der Waals surface area contributed by atoms with Crippen molar-refractivity contribution in [1.82, 2.24) is 9.47 Å². The van der Waals surface area contributed by atoms with Crippen molar-refractivity contribution >= 4 is 5.91 Å². The van der Waals surface area contributed by atoms with Gasteiger partial charge in [0.1, 0.15) is 6.04 Å². The van der Waals surface area contributed by atoms with E-state index < -0.39 is 0 Å². The normalized spacial score (nSPS) is 17.0. The van der Waals surface area contributed by atoms with Crippen LogP contribution in [0.3, 0.4) is 0 Å². The Balaban J connectivity index is 2.16. The first kappa shape index (κ1) is 16.0. The van der Waals surface area contributed by atoms with Gasteiger partial charge >= 0.3 is 0 Å². The third-order valence-electron chi connectivity index (χ3n) is 4.13. The van der Waals surface area contributed by atoms with Gasteiger partial charge in [0.15, 0.2) is 0 Å². The molecule has 0 spiro atoms. The molecule has 118 valence electrons. The maximum Gasteiger partial charge on any atom is 0.245 e. The van der Waals surface area contributed by atoms with E-state index in [1.165, 1.54) is 0 Å². The molecule has 5 nitrogen and oxygen atoms in total. The zero-order valence-electron chi connectivity index (χ0n) is 13.0. The minimum absolute atomic E-state index is 0.162. The lowest BCUT2D eigenvalue weighted by Crippen LogP contribution is -2.44. The summed E-state index contributed by atoms with van der Waals surface area (Å²) in [5.41, 5.74) is 2.23. The van der Waals surface area contributed by atoms with Crippen LogP contribution in [-0.4, -0.2) is 53.4 Å². The van der Waals surface area contributed by atoms with Crippen LogP contribution in [0.4, 0.5) is 0 Å². The fraction of sp³-hybridized carbons (Fsp3) is 0.688. The Bertz CT molecular complexity index is 445. The Hall–Kier alpha value is -1.33. The van der Waals surface area contributed by atoms with E-state index in [0.717, 1.165) is 30.7 Å². The molecule has 0 aliphatic carbocycles. The van der Waals surface area contributed by atoms with Crippen molar-refractivity contribution in [1.29, 1.82) is 0 Å². The number of amides is 1. The first-order chi connectivity index (χ1) is 10.1. The second-order valence-corrected chi connectivity index (χ2v) is 5.66. The van der Waals surface area contributed by atoms with E-state index in [-0.39, 0.29) is 18.6 Å². The number of hydrogen-bond donors (Lipinski definition) is 1. The third-order valence-corrected chi connectivity index (χ3v) is 4.13. The molecule has 1 atom stereocenters. The van der Waals surface area contributed by atoms with Gasteiger partial charge in [-0.25, -0.2) is 0 Å². The summed E-state index contributed by atoms with van der Waals surface area (Å²) in [5, 5.41) is 8.99. The van der Waals surface area contributed by atoms with Crippen molar-refractivity contribution in [2.24, 2.45) is 0 Å². The van der Waals surface area contributed by atoms with Gasteiger partial charge in [-0.05, 0) is 45.2 Å². The number of hydrogen-bond acceptors (Lipinski definition) is 3. The van der Waals surface area contributed by atoms with Crippen molar-refractivity contribution < 1.29 is 14.6 Å². The Labute approximate surface area is 126 Å². The first-order valence-electron chi connectivity index (χ1n) is 7.77. The largest absolute Gasteiger partial charge is 0.396 e. The maximum atomic E-state index is 12.9. The van der Waals surface area contributed by atoms with Gasteiger partial charge in [-0.15, -0.1) is 0 Å². The standard InChI is InChI=1S/C16H26N2O3/c1-13-6-7-14(2)18(13)15(5-3-4-10-19)16(20)17-8-11-21-12-9-17/h6-7,15,19H,3-5,8-12H2,1-2H3. The van der Waals surface area contributed by atoms with E-state index in [2.05, 4.69) is 16.7 Å². The number of morpholine rings is 1. The second-order valence-electron chi connectivity index (χ2n) is 5.66. The van der Waals surface area contributed by atoms with Crippen molar-refractivity contribution in [3.63, 3.8) is 0 Å². The molecule has 1 saturated heterocycles. The highest BCUT2D eigenvalue weighted by Crippen LogP contribution is 2.24. The van der Waals surface area contributed by atoms with Gasteiger partial charge in [-0.1, -0.05) is 0 Å². The molecule has 0 saturated carbocycles. The smallest absolute Gasteiger partial charge is 0.245 e. The molecule has 1 unspecified atom stereocenters. The maximum absolute atomic E-state index is 12.9. The molecule has 2 rings (SSSR count). The monoisotopic (exact) mass is 294 g/mol. The molecule has 21 heavy (non-hydrogen) atoms. The average Bonchev–Trinajstić information content (AvgIpc) is 2.84. The summed E-state index contributed by atoms with van der Waals surface area (Å²) in [7, 11) is 0. The Morgan fingerprint density at radius 3 is 2.43 bits per heavy atom. The molecule has 1 aromatic rings. The number of carbonyl (C=O) groups is 1. The van der Waals surface area contributed by atoms with E-state index in [9.17, 15) is 4.79 Å². The molecule has 2 heterocycles. The zero-order chi connectivity index (χ0) is 15.2. The fourth-order valence-electron chi connectivity index (χ4n) is 2.98. The zero-order valence-corrected chi connectivity index (χ0v) is 13.0. The lowest BCUT2D eigenvalue weighted by molar-refractivity contribution is -0.139. The van der Waals surface area contributed by atoms with Crippen LogP contribution < -0.4 is 0 Å². The quantitative estimate of drug-likeness (QED) is 0.812. The van der Waals surface area contributed by atoms with Crippen LogP contribution in [-0.2, 0) is 9.53 Å². The van der Waals surface area contributed by atoms with Gasteiger partial charge in [0.05, 0.1) is 13.2 Å². The molecule has 1 aliphatic heterocycles. The molecule has 0 radical (unpaired) electrons. The number of nitrogens with zero attached hydrogens (tertiary/aromatic N) is 2. The molecule has 0 bridgehead atoms. The lowest BCUT2D eigenvalue weighted by atomic mass is 10.1. The van der Waals surface area contributed by atoms with Crippen LogP contribution in [0.25, 0.3) is 0 Å². The van der Waals surface area contributed by atoms with Crippen molar-refractivity contribution in [3.05, 3.63) is 23.5 Å². The SMILES string of the molecule is Cc1ccc(C)n1C(CCCCO)C(=O)N1CCOCC1. The molecule has 1 aliphatic rings. The van der Waals surface area contributed by atoms with E-state index in [0.29, 0.717) is 26.3 Å². The molecule has 1 aromatic heterocycles. The van der Waals surface area contributed by atoms with Crippen LogP contribution in [0.1, 0.15) is 36.7 Å². The Morgan fingerprint density at radius 1 is 1.24 bits per heavy atom. The summed E-state index contributed by atoms with van der Waals surface area (Å²) in [6.45, 7) is 6.86. The van der Waals surface area contributed by atoms with Gasteiger partial charge in [-0.2, -0.15) is 0 Å². The number of aromatic nitrogens is 1. The Morgan fingerprint density at radius 2 is 1.86 bits per heavy atom. The molecule has 1 N–H and O–H groups in total. The summed E-state index contributed by atoms with van der Waals surface area (Å²) >= 11 is 0. The summed E-state index contributed by atoms with van der Waals surface area (Å²) < 4.78 is 7.47. The number of aliphatic hydroxyl groups is 1. The number of ether oxygens (including phenoxy) is 1. The number of aryl methyl sites for hydroxylation is 2. The minimum atomic E-state index is -0.162.